The molecule has 0 atom stereocenters. The van der Waals surface area contributed by atoms with E-state index in [1.165, 1.54) is 12.8 Å². The first-order valence-corrected chi connectivity index (χ1v) is 17.1. The third-order valence-corrected chi connectivity index (χ3v) is 12.0. The van der Waals surface area contributed by atoms with Gasteiger partial charge in [0.1, 0.15) is 0 Å². The number of nitrogens with two attached hydrogens (primary N) is 2. The SMILES string of the molecule is Nc1nc(N)c(C(=O)/N=C2\NCC3(CCN(C(=O)c4cccc(S(=O)(=O)C5CCC(N6CCCC6)CC5)c4)CC3)N2)nc1Cl. The van der Waals surface area contributed by atoms with Gasteiger partial charge >= 0.3 is 5.91 Å². The number of anilines is 2. The Balaban J connectivity index is 1.06. The maximum Gasteiger partial charge on any atom is 0.302 e. The molecule has 236 valence electrons. The fourth-order valence-corrected chi connectivity index (χ4v) is 8.83. The van der Waals surface area contributed by atoms with E-state index in [1.54, 1.807) is 29.2 Å². The third kappa shape index (κ3) is 6.07. The van der Waals surface area contributed by atoms with Gasteiger partial charge in [0, 0.05) is 31.2 Å². The van der Waals surface area contributed by atoms with Crippen LogP contribution < -0.4 is 22.1 Å². The third-order valence-electron chi connectivity index (χ3n) is 9.46. The molecule has 15 heteroatoms. The highest BCUT2D eigenvalue weighted by Crippen LogP contribution is 2.33. The topological polar surface area (TPSA) is 189 Å². The molecule has 6 rings (SSSR count). The first kappa shape index (κ1) is 30.5. The standard InChI is InChI=1S/C29H38ClN9O4S/c30-23-25(32)35-24(31)22(34-23)26(40)36-28-33-17-29(37-28)10-14-39(15-11-29)27(41)18-4-3-5-21(16-18)44(42,43)20-8-6-19(7-9-20)38-12-1-2-13-38/h3-5,16,19-20H,1-2,6-15,17H2,(H4,31,32,35)(H2,33,36,37,40). The molecule has 1 spiro atoms. The van der Waals surface area contributed by atoms with Crippen molar-refractivity contribution in [1.82, 2.24) is 30.4 Å². The number of halogens is 1. The highest BCUT2D eigenvalue weighted by Gasteiger charge is 2.41. The maximum atomic E-state index is 13.6. The van der Waals surface area contributed by atoms with E-state index >= 15 is 0 Å². The summed E-state index contributed by atoms with van der Waals surface area (Å²) in [6.45, 7) is 3.67. The largest absolute Gasteiger partial charge is 0.382 e. The van der Waals surface area contributed by atoms with Gasteiger partial charge < -0.3 is 31.9 Å². The summed E-state index contributed by atoms with van der Waals surface area (Å²) in [6, 6.07) is 6.98. The first-order valence-electron chi connectivity index (χ1n) is 15.2. The second-order valence-corrected chi connectivity index (χ2v) is 14.8. The van der Waals surface area contributed by atoms with Crippen molar-refractivity contribution >= 4 is 50.8 Å². The normalized spacial score (nSPS) is 24.8. The van der Waals surface area contributed by atoms with Gasteiger partial charge in [-0.2, -0.15) is 4.99 Å². The maximum absolute atomic E-state index is 13.6. The number of hydrogen-bond donors (Lipinski definition) is 4. The van der Waals surface area contributed by atoms with Crippen LogP contribution in [-0.2, 0) is 9.84 Å². The van der Waals surface area contributed by atoms with Crippen LogP contribution in [0.15, 0.2) is 34.2 Å². The van der Waals surface area contributed by atoms with Gasteiger partial charge in [-0.3, -0.25) is 9.59 Å². The first-order chi connectivity index (χ1) is 21.0. The number of guanidine groups is 1. The summed E-state index contributed by atoms with van der Waals surface area (Å²) in [5.41, 5.74) is 11.1. The predicted molar refractivity (Wildman–Crippen MR) is 167 cm³/mol. The molecule has 3 aliphatic heterocycles. The molecule has 2 aromatic rings. The monoisotopic (exact) mass is 643 g/mol. The summed E-state index contributed by atoms with van der Waals surface area (Å²) >= 11 is 5.89. The zero-order valence-electron chi connectivity index (χ0n) is 24.5. The molecule has 0 radical (unpaired) electrons. The number of rotatable bonds is 5. The fraction of sp³-hybridized carbons (Fsp3) is 0.552. The Kier molecular flexibility index (Phi) is 8.42. The summed E-state index contributed by atoms with van der Waals surface area (Å²) in [6.07, 6.45) is 6.78. The van der Waals surface area contributed by atoms with Crippen LogP contribution in [0.3, 0.4) is 0 Å². The molecule has 1 aromatic carbocycles. The van der Waals surface area contributed by atoms with Gasteiger partial charge in [-0.05, 0) is 82.7 Å². The van der Waals surface area contributed by atoms with Crippen molar-refractivity contribution in [3.8, 4) is 0 Å². The van der Waals surface area contributed by atoms with Crippen LogP contribution in [0.4, 0.5) is 11.6 Å². The van der Waals surface area contributed by atoms with Crippen LogP contribution in [0.25, 0.3) is 0 Å². The summed E-state index contributed by atoms with van der Waals surface area (Å²) in [5.74, 6) is -0.877. The number of carbonyl (C=O) groups excluding carboxylic acids is 2. The average Bonchev–Trinajstić information content (AvgIpc) is 3.70. The Morgan fingerprint density at radius 3 is 2.41 bits per heavy atom. The molecule has 4 fully saturated rings. The lowest BCUT2D eigenvalue weighted by Crippen LogP contribution is -2.53. The second-order valence-electron chi connectivity index (χ2n) is 12.2. The molecular weight excluding hydrogens is 606 g/mol. The molecule has 2 amide bonds. The summed E-state index contributed by atoms with van der Waals surface area (Å²) in [4.78, 5) is 42.4. The van der Waals surface area contributed by atoms with Gasteiger partial charge in [0.05, 0.1) is 15.7 Å². The Hall–Kier alpha value is -3.49. The molecule has 4 heterocycles. The zero-order chi connectivity index (χ0) is 31.1. The van der Waals surface area contributed by atoms with Crippen molar-refractivity contribution in [1.29, 1.82) is 0 Å². The number of aromatic nitrogens is 2. The van der Waals surface area contributed by atoms with E-state index in [2.05, 4.69) is 30.5 Å². The van der Waals surface area contributed by atoms with E-state index < -0.39 is 26.5 Å². The Morgan fingerprint density at radius 1 is 1.00 bits per heavy atom. The number of aliphatic imine (C=N–C) groups is 1. The van der Waals surface area contributed by atoms with E-state index in [-0.39, 0.29) is 39.2 Å². The Morgan fingerprint density at radius 2 is 1.70 bits per heavy atom. The van der Waals surface area contributed by atoms with Gasteiger partial charge in [-0.25, -0.2) is 18.4 Å². The van der Waals surface area contributed by atoms with Gasteiger partial charge in [0.25, 0.3) is 5.91 Å². The highest BCUT2D eigenvalue weighted by molar-refractivity contribution is 7.92. The number of nitrogen functional groups attached to an aromatic ring is 2. The van der Waals surface area contributed by atoms with E-state index in [0.29, 0.717) is 56.9 Å². The van der Waals surface area contributed by atoms with Crippen LogP contribution in [0.1, 0.15) is 72.2 Å². The van der Waals surface area contributed by atoms with E-state index in [4.69, 9.17) is 23.1 Å². The minimum absolute atomic E-state index is 0.0747. The highest BCUT2D eigenvalue weighted by atomic mass is 35.5. The van der Waals surface area contributed by atoms with Crippen molar-refractivity contribution < 1.29 is 18.0 Å². The number of benzene rings is 1. The molecule has 6 N–H and O–H groups in total. The lowest BCUT2D eigenvalue weighted by Gasteiger charge is -2.38. The lowest BCUT2D eigenvalue weighted by atomic mass is 9.88. The van der Waals surface area contributed by atoms with Crippen molar-refractivity contribution in [2.75, 3.05) is 44.2 Å². The molecule has 44 heavy (non-hydrogen) atoms. The van der Waals surface area contributed by atoms with Crippen LogP contribution in [0.5, 0.6) is 0 Å². The Bertz CT molecular complexity index is 1580. The molecule has 0 bridgehead atoms. The average molecular weight is 644 g/mol. The molecule has 4 aliphatic rings. The zero-order valence-corrected chi connectivity index (χ0v) is 26.0. The number of likely N-dealkylation sites (tertiary alicyclic amines) is 2. The lowest BCUT2D eigenvalue weighted by molar-refractivity contribution is 0.0668. The summed E-state index contributed by atoms with van der Waals surface area (Å²) in [5, 5.41) is 5.86. The molecule has 1 aliphatic carbocycles. The number of nitrogens with zero attached hydrogens (tertiary/aromatic N) is 5. The van der Waals surface area contributed by atoms with Crippen molar-refractivity contribution in [3.05, 3.63) is 40.7 Å². The predicted octanol–water partition coefficient (Wildman–Crippen LogP) is 1.84. The fourth-order valence-electron chi connectivity index (χ4n) is 6.86. The molecule has 13 nitrogen and oxygen atoms in total. The molecule has 0 unspecified atom stereocenters. The van der Waals surface area contributed by atoms with Crippen molar-refractivity contribution in [2.24, 2.45) is 4.99 Å². The second kappa shape index (κ2) is 12.1. The van der Waals surface area contributed by atoms with E-state index in [0.717, 1.165) is 25.9 Å². The number of piperidine rings is 1. The quantitative estimate of drug-likeness (QED) is 0.372. The number of hydrogen-bond acceptors (Lipinski definition) is 9. The number of nitrogens with one attached hydrogen (secondary N) is 2. The van der Waals surface area contributed by atoms with Gasteiger partial charge in [-0.1, -0.05) is 17.7 Å². The van der Waals surface area contributed by atoms with Gasteiger partial charge in [0.15, 0.2) is 38.3 Å². The van der Waals surface area contributed by atoms with E-state index in [9.17, 15) is 18.0 Å². The molecule has 1 saturated carbocycles. The van der Waals surface area contributed by atoms with Crippen LogP contribution in [0.2, 0.25) is 5.15 Å². The number of sulfone groups is 1. The van der Waals surface area contributed by atoms with Gasteiger partial charge in [0.2, 0.25) is 0 Å². The molecular formula is C29H38ClN9O4S. The molecule has 3 saturated heterocycles. The van der Waals surface area contributed by atoms with Crippen molar-refractivity contribution in [3.63, 3.8) is 0 Å². The number of carbonyl (C=O) groups is 2. The summed E-state index contributed by atoms with van der Waals surface area (Å²) < 4.78 is 27.1. The van der Waals surface area contributed by atoms with Gasteiger partial charge in [-0.15, -0.1) is 0 Å². The Labute approximate surface area is 261 Å². The van der Waals surface area contributed by atoms with E-state index in [1.807, 2.05) is 0 Å². The summed E-state index contributed by atoms with van der Waals surface area (Å²) in [7, 11) is -3.54. The van der Waals surface area contributed by atoms with Crippen LogP contribution in [0, 0.1) is 0 Å². The smallest absolute Gasteiger partial charge is 0.302 e. The van der Waals surface area contributed by atoms with Crippen LogP contribution >= 0.6 is 11.6 Å². The van der Waals surface area contributed by atoms with Crippen LogP contribution in [-0.4, -0.2) is 95.5 Å². The van der Waals surface area contributed by atoms with Crippen molar-refractivity contribution in [2.45, 2.75) is 73.1 Å². The number of amides is 2. The minimum atomic E-state index is -3.54. The molecule has 1 aromatic heterocycles. The minimum Gasteiger partial charge on any atom is -0.382 e.